The summed E-state index contributed by atoms with van der Waals surface area (Å²) in [6.07, 6.45) is 4.91. The molecule has 0 aliphatic rings. The number of hydrogen-bond acceptors (Lipinski definition) is 7. The number of aromatic nitrogens is 2. The first-order valence-electron chi connectivity index (χ1n) is 10.1. The van der Waals surface area contributed by atoms with Crippen LogP contribution in [0, 0.1) is 6.92 Å². The third-order valence-corrected chi connectivity index (χ3v) is 5.27. The number of ether oxygens (including phenoxy) is 1. The molecule has 0 bridgehead atoms. The number of aliphatic imine (C=N–C) groups is 1. The molecule has 0 spiro atoms. The van der Waals surface area contributed by atoms with Crippen molar-refractivity contribution >= 4 is 24.1 Å². The van der Waals surface area contributed by atoms with Gasteiger partial charge in [-0.1, -0.05) is 55.8 Å². The maximum Gasteiger partial charge on any atom is 0.237 e. The van der Waals surface area contributed by atoms with Crippen LogP contribution in [0.2, 0.25) is 0 Å². The average molecular weight is 434 g/mol. The molecular formula is C24H27N5OS. The highest BCUT2D eigenvalue weighted by Gasteiger charge is 2.19. The minimum atomic E-state index is 0.442. The van der Waals surface area contributed by atoms with Gasteiger partial charge in [0.2, 0.25) is 11.8 Å². The molecule has 3 N–H and O–H groups in total. The second kappa shape index (κ2) is 11.2. The van der Waals surface area contributed by atoms with E-state index in [4.69, 9.17) is 20.4 Å². The van der Waals surface area contributed by atoms with Gasteiger partial charge in [-0.05, 0) is 43.0 Å². The summed E-state index contributed by atoms with van der Waals surface area (Å²) in [5.74, 6) is 1.72. The van der Waals surface area contributed by atoms with E-state index in [1.54, 1.807) is 13.3 Å². The third-order valence-electron chi connectivity index (χ3n) is 4.51. The molecule has 0 unspecified atom stereocenters. The summed E-state index contributed by atoms with van der Waals surface area (Å²) in [5, 5.41) is 0. The van der Waals surface area contributed by atoms with Gasteiger partial charge in [0, 0.05) is 30.6 Å². The second-order valence-electron chi connectivity index (χ2n) is 6.82. The highest BCUT2D eigenvalue weighted by Crippen LogP contribution is 2.35. The Labute approximate surface area is 187 Å². The van der Waals surface area contributed by atoms with Crippen LogP contribution in [-0.4, -0.2) is 23.2 Å². The molecule has 3 aromatic rings. The number of para-hydroxylation sites is 1. The number of hydrogen-bond donors (Lipinski definition) is 2. The fraction of sp³-hybridized carbons (Fsp3) is 0.208. The molecule has 31 heavy (non-hydrogen) atoms. The largest absolute Gasteiger partial charge is 0.439 e. The Hall–Kier alpha value is -3.32. The van der Waals surface area contributed by atoms with Gasteiger partial charge in [-0.25, -0.2) is 4.98 Å². The van der Waals surface area contributed by atoms with Crippen molar-refractivity contribution < 1.29 is 4.74 Å². The summed E-state index contributed by atoms with van der Waals surface area (Å²) in [6.45, 7) is 4.22. The van der Waals surface area contributed by atoms with Crippen molar-refractivity contribution in [2.24, 2.45) is 10.7 Å². The van der Waals surface area contributed by atoms with E-state index in [1.165, 1.54) is 18.1 Å². The molecule has 0 saturated carbocycles. The molecule has 1 heterocycles. The SMILES string of the molecule is CCCc1c(Oc2ccccc2)nc(NSC(C=NC)=CN)nc1-c1ccccc1C. The smallest absolute Gasteiger partial charge is 0.237 e. The molecule has 160 valence electrons. The van der Waals surface area contributed by atoms with Crippen LogP contribution in [0.1, 0.15) is 24.5 Å². The van der Waals surface area contributed by atoms with Gasteiger partial charge in [-0.15, -0.1) is 0 Å². The zero-order valence-electron chi connectivity index (χ0n) is 18.0. The molecular weight excluding hydrogens is 406 g/mol. The number of allylic oxidation sites excluding steroid dienone is 1. The van der Waals surface area contributed by atoms with Crippen LogP contribution >= 0.6 is 11.9 Å². The molecule has 6 nitrogen and oxygen atoms in total. The predicted molar refractivity (Wildman–Crippen MR) is 131 cm³/mol. The third kappa shape index (κ3) is 5.86. The number of aryl methyl sites for hydroxylation is 1. The zero-order chi connectivity index (χ0) is 22.1. The molecule has 7 heteroatoms. The number of nitrogens with two attached hydrogens (primary N) is 1. The van der Waals surface area contributed by atoms with Crippen LogP contribution in [0.5, 0.6) is 11.6 Å². The Bertz CT molecular complexity index is 1070. The Morgan fingerprint density at radius 1 is 1.13 bits per heavy atom. The lowest BCUT2D eigenvalue weighted by Crippen LogP contribution is -2.06. The van der Waals surface area contributed by atoms with Crippen LogP contribution in [0.4, 0.5) is 5.95 Å². The number of benzene rings is 2. The van der Waals surface area contributed by atoms with Crippen molar-refractivity contribution in [1.29, 1.82) is 0 Å². The Morgan fingerprint density at radius 3 is 2.55 bits per heavy atom. The summed E-state index contributed by atoms with van der Waals surface area (Å²) in [5.41, 5.74) is 9.74. The molecule has 0 aliphatic heterocycles. The highest BCUT2D eigenvalue weighted by atomic mass is 32.2. The van der Waals surface area contributed by atoms with E-state index < -0.39 is 0 Å². The van der Waals surface area contributed by atoms with Crippen molar-refractivity contribution in [3.05, 3.63) is 76.8 Å². The van der Waals surface area contributed by atoms with Crippen LogP contribution in [0.25, 0.3) is 11.3 Å². The molecule has 0 fully saturated rings. The molecule has 0 aliphatic carbocycles. The van der Waals surface area contributed by atoms with Gasteiger partial charge in [0.25, 0.3) is 0 Å². The summed E-state index contributed by atoms with van der Waals surface area (Å²) in [7, 11) is 1.70. The number of nitrogens with one attached hydrogen (secondary N) is 1. The van der Waals surface area contributed by atoms with E-state index in [-0.39, 0.29) is 0 Å². The van der Waals surface area contributed by atoms with Gasteiger partial charge < -0.3 is 10.5 Å². The standard InChI is InChI=1S/C24H27N5OS/c1-4-10-21-22(20-14-9-8-11-17(20)2)27-24(29-31-19(15-25)16-26-3)28-23(21)30-18-12-6-5-7-13-18/h5-9,11-16H,4,10,25H2,1-3H3,(H,27,28,29). The maximum absolute atomic E-state index is 6.22. The lowest BCUT2D eigenvalue weighted by atomic mass is 9.99. The van der Waals surface area contributed by atoms with Gasteiger partial charge in [-0.3, -0.25) is 9.71 Å². The summed E-state index contributed by atoms with van der Waals surface area (Å²) >= 11 is 1.30. The minimum Gasteiger partial charge on any atom is -0.439 e. The Balaban J connectivity index is 2.10. The van der Waals surface area contributed by atoms with E-state index >= 15 is 0 Å². The van der Waals surface area contributed by atoms with Crippen molar-refractivity contribution in [1.82, 2.24) is 9.97 Å². The molecule has 2 aromatic carbocycles. The molecule has 0 amide bonds. The van der Waals surface area contributed by atoms with Crippen LogP contribution in [0.15, 0.2) is 70.7 Å². The van der Waals surface area contributed by atoms with Crippen molar-refractivity contribution in [2.45, 2.75) is 26.7 Å². The summed E-state index contributed by atoms with van der Waals surface area (Å²) < 4.78 is 9.40. The molecule has 0 radical (unpaired) electrons. The normalized spacial score (nSPS) is 11.6. The van der Waals surface area contributed by atoms with E-state index in [9.17, 15) is 0 Å². The van der Waals surface area contributed by atoms with Crippen LogP contribution < -0.4 is 15.2 Å². The van der Waals surface area contributed by atoms with Crippen molar-refractivity contribution in [3.63, 3.8) is 0 Å². The maximum atomic E-state index is 6.22. The van der Waals surface area contributed by atoms with Crippen LogP contribution in [-0.2, 0) is 6.42 Å². The molecule has 1 aromatic heterocycles. The lowest BCUT2D eigenvalue weighted by molar-refractivity contribution is 0.455. The summed E-state index contributed by atoms with van der Waals surface area (Å²) in [6, 6.07) is 17.9. The van der Waals surface area contributed by atoms with Gasteiger partial charge in [0.15, 0.2) is 0 Å². The summed E-state index contributed by atoms with van der Waals surface area (Å²) in [4.78, 5) is 14.3. The second-order valence-corrected chi connectivity index (χ2v) is 7.70. The lowest BCUT2D eigenvalue weighted by Gasteiger charge is -2.17. The van der Waals surface area contributed by atoms with E-state index in [2.05, 4.69) is 35.7 Å². The Morgan fingerprint density at radius 2 is 1.87 bits per heavy atom. The van der Waals surface area contributed by atoms with Gasteiger partial charge in [0.05, 0.1) is 10.6 Å². The minimum absolute atomic E-state index is 0.442. The number of anilines is 1. The monoisotopic (exact) mass is 433 g/mol. The van der Waals surface area contributed by atoms with Gasteiger partial charge >= 0.3 is 0 Å². The van der Waals surface area contributed by atoms with Crippen LogP contribution in [0.3, 0.4) is 0 Å². The highest BCUT2D eigenvalue weighted by molar-refractivity contribution is 8.05. The first kappa shape index (κ1) is 22.4. The van der Waals surface area contributed by atoms with Gasteiger partial charge in [-0.2, -0.15) is 4.98 Å². The van der Waals surface area contributed by atoms with E-state index in [0.717, 1.165) is 45.9 Å². The fourth-order valence-electron chi connectivity index (χ4n) is 3.07. The first-order valence-corrected chi connectivity index (χ1v) is 10.9. The predicted octanol–water partition coefficient (Wildman–Crippen LogP) is 5.76. The topological polar surface area (TPSA) is 85.4 Å². The molecule has 0 saturated heterocycles. The number of nitrogens with zero attached hydrogens (tertiary/aromatic N) is 3. The van der Waals surface area contributed by atoms with Gasteiger partial charge in [0.1, 0.15) is 5.75 Å². The van der Waals surface area contributed by atoms with Crippen molar-refractivity contribution in [3.8, 4) is 22.9 Å². The fourth-order valence-corrected chi connectivity index (χ4v) is 3.59. The Kier molecular flexibility index (Phi) is 8.06. The van der Waals surface area contributed by atoms with E-state index in [1.807, 2.05) is 42.5 Å². The molecule has 0 atom stereocenters. The van der Waals surface area contributed by atoms with E-state index in [0.29, 0.717) is 11.8 Å². The average Bonchev–Trinajstić information content (AvgIpc) is 2.79. The number of rotatable bonds is 9. The van der Waals surface area contributed by atoms with Crippen molar-refractivity contribution in [2.75, 3.05) is 11.8 Å². The zero-order valence-corrected chi connectivity index (χ0v) is 18.8. The molecule has 3 rings (SSSR count). The quantitative estimate of drug-likeness (QED) is 0.330. The first-order chi connectivity index (χ1) is 15.2.